The molecular weight excluding hydrogens is 518 g/mol. The second-order valence-electron chi connectivity index (χ2n) is 8.86. The largest absolute Gasteiger partial charge is 0.318 e. The topological polar surface area (TPSA) is 127 Å². The Morgan fingerprint density at radius 2 is 1.64 bits per heavy atom. The van der Waals surface area contributed by atoms with Gasteiger partial charge in [0.1, 0.15) is 6.54 Å². The van der Waals surface area contributed by atoms with Gasteiger partial charge in [-0.2, -0.15) is 5.10 Å². The number of anilines is 1. The third-order valence-electron chi connectivity index (χ3n) is 6.12. The normalized spacial score (nSPS) is 11.5. The van der Waals surface area contributed by atoms with Gasteiger partial charge in [0.15, 0.2) is 4.90 Å². The lowest BCUT2D eigenvalue weighted by Crippen LogP contribution is -2.39. The van der Waals surface area contributed by atoms with Crippen LogP contribution >= 0.6 is 0 Å². The van der Waals surface area contributed by atoms with Crippen LogP contribution in [0.15, 0.2) is 94.9 Å². The lowest BCUT2D eigenvalue weighted by molar-refractivity contribution is -0.387. The zero-order valence-electron chi connectivity index (χ0n) is 21.6. The van der Waals surface area contributed by atoms with Crippen LogP contribution in [-0.2, 0) is 14.8 Å². The number of benzene rings is 3. The summed E-state index contributed by atoms with van der Waals surface area (Å²) in [7, 11) is -4.47. The lowest BCUT2D eigenvalue weighted by Gasteiger charge is -2.23. The number of carbonyl (C=O) groups excluding carboxylic acids is 1. The number of nitrogens with one attached hydrogen (secondary N) is 1. The van der Waals surface area contributed by atoms with Crippen LogP contribution < -0.4 is 9.73 Å². The Bertz CT molecular complexity index is 1650. The highest BCUT2D eigenvalue weighted by atomic mass is 32.2. The van der Waals surface area contributed by atoms with Gasteiger partial charge in [0.25, 0.3) is 21.6 Å². The number of carbonyl (C=O) groups is 1. The van der Waals surface area contributed by atoms with Crippen molar-refractivity contribution in [2.24, 2.45) is 5.10 Å². The molecule has 3 aromatic carbocycles. The Hall–Kier alpha value is -4.77. The number of nitro groups is 1. The molecule has 1 aromatic heterocycles. The van der Waals surface area contributed by atoms with Gasteiger partial charge in [-0.05, 0) is 57.2 Å². The van der Waals surface area contributed by atoms with Crippen LogP contribution in [-0.4, -0.2) is 36.6 Å². The van der Waals surface area contributed by atoms with E-state index in [4.69, 9.17) is 0 Å². The molecule has 0 saturated carbocycles. The number of aryl methyl sites for hydroxylation is 2. The van der Waals surface area contributed by atoms with Crippen molar-refractivity contribution in [3.63, 3.8) is 0 Å². The predicted molar refractivity (Wildman–Crippen MR) is 150 cm³/mol. The summed E-state index contributed by atoms with van der Waals surface area (Å²) in [6.07, 6.45) is 1.49. The minimum absolute atomic E-state index is 0.177. The minimum Gasteiger partial charge on any atom is -0.318 e. The van der Waals surface area contributed by atoms with Crippen molar-refractivity contribution in [1.82, 2.24) is 9.99 Å². The van der Waals surface area contributed by atoms with E-state index >= 15 is 0 Å². The summed E-state index contributed by atoms with van der Waals surface area (Å²) in [5.74, 6) is -0.718. The molecule has 0 fully saturated rings. The fraction of sp³-hybridized carbons (Fsp3) is 0.143. The molecule has 1 N–H and O–H groups in total. The summed E-state index contributed by atoms with van der Waals surface area (Å²) in [5, 5.41) is 15.6. The number of para-hydroxylation sites is 2. The summed E-state index contributed by atoms with van der Waals surface area (Å²) in [6, 6.07) is 23.0. The maximum absolute atomic E-state index is 13.5. The molecular formula is C28H27N5O5S. The Kier molecular flexibility index (Phi) is 7.91. The number of hydrogen-bond acceptors (Lipinski definition) is 6. The highest BCUT2D eigenvalue weighted by Gasteiger charge is 2.33. The second-order valence-corrected chi connectivity index (χ2v) is 10.7. The van der Waals surface area contributed by atoms with Crippen molar-refractivity contribution in [3.8, 4) is 5.69 Å². The van der Waals surface area contributed by atoms with Crippen molar-refractivity contribution < 1.29 is 18.1 Å². The third kappa shape index (κ3) is 5.88. The van der Waals surface area contributed by atoms with Gasteiger partial charge < -0.3 is 4.57 Å². The van der Waals surface area contributed by atoms with Crippen LogP contribution in [0, 0.1) is 30.9 Å². The Morgan fingerprint density at radius 1 is 1.00 bits per heavy atom. The average Bonchev–Trinajstić information content (AvgIpc) is 3.20. The van der Waals surface area contributed by atoms with Gasteiger partial charge in [0.2, 0.25) is 0 Å². The number of amides is 1. The van der Waals surface area contributed by atoms with E-state index in [0.29, 0.717) is 0 Å². The number of aromatic nitrogens is 1. The zero-order chi connectivity index (χ0) is 28.2. The standard InChI is InChI=1S/C28H27N5O5S/c1-20-13-15-25(16-14-20)32-21(2)17-23(22(32)3)18-29-30-28(34)19-31(24-9-5-4-6-10-24)39(37,38)27-12-8-7-11-26(27)33(35)36/h4-18H,19H2,1-3H3,(H,30,34)/b29-18+. The summed E-state index contributed by atoms with van der Waals surface area (Å²) in [4.78, 5) is 23.1. The first-order valence-corrected chi connectivity index (χ1v) is 13.4. The van der Waals surface area contributed by atoms with Crippen LogP contribution in [0.5, 0.6) is 0 Å². The lowest BCUT2D eigenvalue weighted by atomic mass is 10.2. The first-order chi connectivity index (χ1) is 18.6. The van der Waals surface area contributed by atoms with E-state index in [1.165, 1.54) is 30.5 Å². The fourth-order valence-corrected chi connectivity index (χ4v) is 5.78. The van der Waals surface area contributed by atoms with E-state index < -0.39 is 38.0 Å². The number of hydrazone groups is 1. The van der Waals surface area contributed by atoms with Crippen LogP contribution in [0.25, 0.3) is 5.69 Å². The molecule has 0 atom stereocenters. The van der Waals surface area contributed by atoms with E-state index in [1.807, 2.05) is 51.1 Å². The molecule has 1 heterocycles. The molecule has 11 heteroatoms. The van der Waals surface area contributed by atoms with Gasteiger partial charge in [-0.1, -0.05) is 48.0 Å². The molecule has 0 radical (unpaired) electrons. The zero-order valence-corrected chi connectivity index (χ0v) is 22.4. The first kappa shape index (κ1) is 27.3. The molecule has 39 heavy (non-hydrogen) atoms. The van der Waals surface area contributed by atoms with E-state index in [-0.39, 0.29) is 5.69 Å². The first-order valence-electron chi connectivity index (χ1n) is 12.0. The highest BCUT2D eigenvalue weighted by molar-refractivity contribution is 7.93. The molecule has 4 rings (SSSR count). The number of nitro benzene ring substituents is 1. The van der Waals surface area contributed by atoms with Crippen molar-refractivity contribution in [2.75, 3.05) is 10.8 Å². The molecule has 0 saturated heterocycles. The summed E-state index contributed by atoms with van der Waals surface area (Å²) in [5.41, 5.74) is 6.80. The van der Waals surface area contributed by atoms with Crippen molar-refractivity contribution in [3.05, 3.63) is 118 Å². The van der Waals surface area contributed by atoms with Crippen LogP contribution in [0.1, 0.15) is 22.5 Å². The van der Waals surface area contributed by atoms with Gasteiger partial charge in [-0.3, -0.25) is 19.2 Å². The Morgan fingerprint density at radius 3 is 2.31 bits per heavy atom. The number of hydrogen-bond donors (Lipinski definition) is 1. The summed E-state index contributed by atoms with van der Waals surface area (Å²) in [6.45, 7) is 5.28. The second kappa shape index (κ2) is 11.3. The Labute approximate surface area is 226 Å². The maximum atomic E-state index is 13.5. The molecule has 4 aromatic rings. The van der Waals surface area contributed by atoms with Gasteiger partial charge in [-0.25, -0.2) is 13.8 Å². The van der Waals surface area contributed by atoms with E-state index in [0.717, 1.165) is 44.6 Å². The van der Waals surface area contributed by atoms with Crippen molar-refractivity contribution >= 4 is 33.5 Å². The van der Waals surface area contributed by atoms with Crippen molar-refractivity contribution in [2.45, 2.75) is 25.7 Å². The highest BCUT2D eigenvalue weighted by Crippen LogP contribution is 2.29. The van der Waals surface area contributed by atoms with Crippen LogP contribution in [0.2, 0.25) is 0 Å². The van der Waals surface area contributed by atoms with Gasteiger partial charge in [-0.15, -0.1) is 0 Å². The molecule has 1 amide bonds. The monoisotopic (exact) mass is 545 g/mol. The van der Waals surface area contributed by atoms with Gasteiger partial charge in [0.05, 0.1) is 16.8 Å². The number of sulfonamides is 1. The molecule has 0 bridgehead atoms. The van der Waals surface area contributed by atoms with E-state index in [1.54, 1.807) is 18.2 Å². The molecule has 0 aliphatic carbocycles. The summed E-state index contributed by atoms with van der Waals surface area (Å²) >= 11 is 0. The predicted octanol–water partition coefficient (Wildman–Crippen LogP) is 4.66. The van der Waals surface area contributed by atoms with Crippen LogP contribution in [0.3, 0.4) is 0 Å². The molecule has 0 unspecified atom stereocenters. The smallest absolute Gasteiger partial charge is 0.289 e. The van der Waals surface area contributed by atoms with Gasteiger partial charge in [0, 0.05) is 28.7 Å². The maximum Gasteiger partial charge on any atom is 0.289 e. The average molecular weight is 546 g/mol. The quantitative estimate of drug-likeness (QED) is 0.186. The van der Waals surface area contributed by atoms with Crippen molar-refractivity contribution in [1.29, 1.82) is 0 Å². The minimum atomic E-state index is -4.47. The number of nitrogens with zero attached hydrogens (tertiary/aromatic N) is 4. The van der Waals surface area contributed by atoms with E-state index in [9.17, 15) is 23.3 Å². The van der Waals surface area contributed by atoms with Crippen LogP contribution in [0.4, 0.5) is 11.4 Å². The SMILES string of the molecule is Cc1ccc(-n2c(C)cc(/C=N/NC(=O)CN(c3ccccc3)S(=O)(=O)c3ccccc3[N+](=O)[O-])c2C)cc1. The molecule has 0 spiro atoms. The fourth-order valence-electron chi connectivity index (χ4n) is 4.20. The molecule has 0 aliphatic rings. The number of rotatable bonds is 9. The van der Waals surface area contributed by atoms with Gasteiger partial charge >= 0.3 is 0 Å². The summed E-state index contributed by atoms with van der Waals surface area (Å²) < 4.78 is 30.0. The van der Waals surface area contributed by atoms with E-state index in [2.05, 4.69) is 15.1 Å². The Balaban J connectivity index is 1.57. The molecule has 10 nitrogen and oxygen atoms in total. The third-order valence-corrected chi connectivity index (χ3v) is 7.94. The molecule has 200 valence electrons. The molecule has 0 aliphatic heterocycles.